The molecule has 0 bridgehead atoms. The molecule has 0 saturated heterocycles. The third-order valence-electron chi connectivity index (χ3n) is 5.52. The summed E-state index contributed by atoms with van der Waals surface area (Å²) < 4.78 is 0.977. The molecular weight excluding hydrogens is 420 g/mol. The van der Waals surface area contributed by atoms with Crippen molar-refractivity contribution in [1.82, 2.24) is 4.98 Å². The number of aromatic nitrogens is 1. The Morgan fingerprint density at radius 2 is 1.93 bits per heavy atom. The largest absolute Gasteiger partial charge is 0.477 e. The lowest BCUT2D eigenvalue weighted by molar-refractivity contribution is 0.0702. The second-order valence-electron chi connectivity index (χ2n) is 7.56. The highest BCUT2D eigenvalue weighted by molar-refractivity contribution is 8.00. The molecule has 0 radical (unpaired) electrons. The van der Waals surface area contributed by atoms with Crippen molar-refractivity contribution in [2.24, 2.45) is 5.92 Å². The van der Waals surface area contributed by atoms with E-state index < -0.39 is 5.97 Å². The third-order valence-corrected chi connectivity index (χ3v) is 8.54. The SMILES string of the molecule is CSc1sc(C(=O)O)cc1-c1csc(Nc2ccc(C3CCC(C)CC3)cc2)n1. The first-order valence-electron chi connectivity index (χ1n) is 9.77. The van der Waals surface area contributed by atoms with Gasteiger partial charge in [0.1, 0.15) is 4.88 Å². The maximum Gasteiger partial charge on any atom is 0.345 e. The van der Waals surface area contributed by atoms with Crippen LogP contribution in [0.5, 0.6) is 0 Å². The molecule has 4 nitrogen and oxygen atoms in total. The van der Waals surface area contributed by atoms with Crippen LogP contribution < -0.4 is 5.32 Å². The number of thiophene rings is 1. The van der Waals surface area contributed by atoms with Crippen LogP contribution in [0, 0.1) is 5.92 Å². The van der Waals surface area contributed by atoms with Gasteiger partial charge in [0, 0.05) is 16.6 Å². The van der Waals surface area contributed by atoms with Gasteiger partial charge in [-0.05, 0) is 54.7 Å². The molecule has 0 unspecified atom stereocenters. The van der Waals surface area contributed by atoms with Crippen molar-refractivity contribution in [3.8, 4) is 11.3 Å². The van der Waals surface area contributed by atoms with E-state index in [4.69, 9.17) is 0 Å². The molecule has 1 saturated carbocycles. The van der Waals surface area contributed by atoms with Crippen LogP contribution in [-0.4, -0.2) is 22.3 Å². The summed E-state index contributed by atoms with van der Waals surface area (Å²) in [6.45, 7) is 2.35. The molecule has 1 aliphatic rings. The molecule has 1 aromatic carbocycles. The fourth-order valence-electron chi connectivity index (χ4n) is 3.82. The Balaban J connectivity index is 1.46. The van der Waals surface area contributed by atoms with Gasteiger partial charge in [0.25, 0.3) is 0 Å². The van der Waals surface area contributed by atoms with Crippen LogP contribution in [0.1, 0.15) is 53.8 Å². The van der Waals surface area contributed by atoms with E-state index in [1.165, 1.54) is 53.9 Å². The van der Waals surface area contributed by atoms with E-state index in [2.05, 4.69) is 41.5 Å². The Morgan fingerprint density at radius 1 is 1.21 bits per heavy atom. The van der Waals surface area contributed by atoms with Crippen LogP contribution in [0.3, 0.4) is 0 Å². The number of anilines is 2. The van der Waals surface area contributed by atoms with Crippen LogP contribution in [0.15, 0.2) is 39.9 Å². The highest BCUT2D eigenvalue weighted by Gasteiger charge is 2.20. The van der Waals surface area contributed by atoms with Crippen molar-refractivity contribution >= 4 is 51.2 Å². The molecule has 2 heterocycles. The quantitative estimate of drug-likeness (QED) is 0.390. The van der Waals surface area contributed by atoms with Crippen LogP contribution in [0.4, 0.5) is 10.8 Å². The molecule has 7 heteroatoms. The van der Waals surface area contributed by atoms with Gasteiger partial charge in [-0.1, -0.05) is 31.9 Å². The summed E-state index contributed by atoms with van der Waals surface area (Å²) in [5.41, 5.74) is 4.18. The van der Waals surface area contributed by atoms with Gasteiger partial charge in [0.05, 0.1) is 9.90 Å². The Kier molecular flexibility index (Phi) is 6.27. The molecule has 0 amide bonds. The van der Waals surface area contributed by atoms with E-state index in [1.54, 1.807) is 17.8 Å². The minimum absolute atomic E-state index is 0.347. The number of hydrogen-bond donors (Lipinski definition) is 2. The first-order valence-corrected chi connectivity index (χ1v) is 12.7. The molecule has 1 aliphatic carbocycles. The number of thioether (sulfide) groups is 1. The maximum atomic E-state index is 11.3. The van der Waals surface area contributed by atoms with Gasteiger partial charge in [-0.2, -0.15) is 0 Å². The zero-order chi connectivity index (χ0) is 20.4. The van der Waals surface area contributed by atoms with Crippen molar-refractivity contribution < 1.29 is 9.90 Å². The van der Waals surface area contributed by atoms with Gasteiger partial charge in [0.2, 0.25) is 0 Å². The number of benzene rings is 1. The number of hydrogen-bond acceptors (Lipinski definition) is 6. The molecule has 2 N–H and O–H groups in total. The first-order chi connectivity index (χ1) is 14.0. The molecule has 0 atom stereocenters. The zero-order valence-electron chi connectivity index (χ0n) is 16.5. The molecule has 152 valence electrons. The molecule has 1 fully saturated rings. The van der Waals surface area contributed by atoms with Crippen LogP contribution >= 0.6 is 34.4 Å². The Bertz CT molecular complexity index is 986. The average Bonchev–Trinajstić information content (AvgIpc) is 3.36. The predicted molar refractivity (Wildman–Crippen MR) is 124 cm³/mol. The lowest BCUT2D eigenvalue weighted by atomic mass is 9.79. The monoisotopic (exact) mass is 444 g/mol. The molecule has 0 aliphatic heterocycles. The van der Waals surface area contributed by atoms with Gasteiger partial charge in [-0.25, -0.2) is 9.78 Å². The van der Waals surface area contributed by atoms with Crippen molar-refractivity contribution in [3.05, 3.63) is 46.2 Å². The zero-order valence-corrected chi connectivity index (χ0v) is 18.9. The van der Waals surface area contributed by atoms with Crippen molar-refractivity contribution in [1.29, 1.82) is 0 Å². The predicted octanol–water partition coefficient (Wildman–Crippen LogP) is 7.33. The van der Waals surface area contributed by atoms with Crippen molar-refractivity contribution in [2.75, 3.05) is 11.6 Å². The lowest BCUT2D eigenvalue weighted by Gasteiger charge is -2.26. The van der Waals surface area contributed by atoms with Crippen LogP contribution in [0.2, 0.25) is 0 Å². The molecule has 2 aromatic heterocycles. The summed E-state index contributed by atoms with van der Waals surface area (Å²) in [5.74, 6) is 0.670. The summed E-state index contributed by atoms with van der Waals surface area (Å²) in [6, 6.07) is 10.5. The highest BCUT2D eigenvalue weighted by atomic mass is 32.2. The topological polar surface area (TPSA) is 62.2 Å². The number of nitrogens with zero attached hydrogens (tertiary/aromatic N) is 1. The van der Waals surface area contributed by atoms with E-state index in [1.807, 2.05) is 11.6 Å². The standard InChI is InChI=1S/C22H24N2O2S3/c1-13-3-5-14(6-4-13)15-7-9-16(10-8-15)23-22-24-18(12-28-22)17-11-19(20(25)26)29-21(17)27-2/h7-14H,3-6H2,1-2H3,(H,23,24)(H,25,26). The van der Waals surface area contributed by atoms with Crippen LogP contribution in [-0.2, 0) is 0 Å². The molecular formula is C22H24N2O2S3. The summed E-state index contributed by atoms with van der Waals surface area (Å²) >= 11 is 4.39. The van der Waals surface area contributed by atoms with E-state index in [0.717, 1.165) is 32.2 Å². The number of carbonyl (C=O) groups is 1. The Hall–Kier alpha value is -1.83. The molecule has 4 rings (SSSR count). The molecule has 0 spiro atoms. The van der Waals surface area contributed by atoms with Gasteiger partial charge < -0.3 is 10.4 Å². The van der Waals surface area contributed by atoms with E-state index in [9.17, 15) is 9.90 Å². The number of thiazole rings is 1. The minimum atomic E-state index is -0.891. The van der Waals surface area contributed by atoms with Crippen molar-refractivity contribution in [2.45, 2.75) is 42.7 Å². The third kappa shape index (κ3) is 4.68. The maximum absolute atomic E-state index is 11.3. The van der Waals surface area contributed by atoms with Gasteiger partial charge in [-0.15, -0.1) is 34.4 Å². The second-order valence-corrected chi connectivity index (χ2v) is 10.5. The lowest BCUT2D eigenvalue weighted by Crippen LogP contribution is -2.10. The molecule has 3 aromatic rings. The summed E-state index contributed by atoms with van der Waals surface area (Å²) in [4.78, 5) is 16.3. The minimum Gasteiger partial charge on any atom is -0.477 e. The Morgan fingerprint density at radius 3 is 2.59 bits per heavy atom. The highest BCUT2D eigenvalue weighted by Crippen LogP contribution is 2.39. The number of carboxylic acids is 1. The number of nitrogens with one attached hydrogen (secondary N) is 1. The average molecular weight is 445 g/mol. The van der Waals surface area contributed by atoms with E-state index >= 15 is 0 Å². The van der Waals surface area contributed by atoms with Crippen LogP contribution in [0.25, 0.3) is 11.3 Å². The van der Waals surface area contributed by atoms with E-state index in [-0.39, 0.29) is 0 Å². The normalized spacial score (nSPS) is 19.2. The fourth-order valence-corrected chi connectivity index (χ4v) is 6.27. The summed E-state index contributed by atoms with van der Waals surface area (Å²) in [6.07, 6.45) is 7.20. The summed E-state index contributed by atoms with van der Waals surface area (Å²) in [7, 11) is 0. The van der Waals surface area contributed by atoms with Crippen molar-refractivity contribution in [3.63, 3.8) is 0 Å². The second kappa shape index (κ2) is 8.90. The Labute approximate surface area is 183 Å². The smallest absolute Gasteiger partial charge is 0.345 e. The summed E-state index contributed by atoms with van der Waals surface area (Å²) in [5, 5.41) is 15.4. The number of aromatic carboxylic acids is 1. The number of rotatable bonds is 6. The number of carboxylic acid groups (broad SMARTS) is 1. The van der Waals surface area contributed by atoms with Gasteiger partial charge in [-0.3, -0.25) is 0 Å². The van der Waals surface area contributed by atoms with Gasteiger partial charge in [0.15, 0.2) is 5.13 Å². The fraction of sp³-hybridized carbons (Fsp3) is 0.364. The first kappa shape index (κ1) is 20.4. The van der Waals surface area contributed by atoms with E-state index in [0.29, 0.717) is 10.8 Å². The van der Waals surface area contributed by atoms with Gasteiger partial charge >= 0.3 is 5.97 Å². The molecule has 29 heavy (non-hydrogen) atoms.